The first-order chi connectivity index (χ1) is 9.40. The van der Waals surface area contributed by atoms with Gasteiger partial charge >= 0.3 is 0 Å². The zero-order chi connectivity index (χ0) is 14.4. The minimum atomic E-state index is -3.53. The highest BCUT2D eigenvalue weighted by Crippen LogP contribution is 2.40. The van der Waals surface area contributed by atoms with Crippen LogP contribution >= 0.6 is 11.3 Å². The van der Waals surface area contributed by atoms with E-state index < -0.39 is 15.6 Å². The normalized spacial score (nSPS) is 17.4. The van der Waals surface area contributed by atoms with Crippen molar-refractivity contribution in [3.05, 3.63) is 41.8 Å². The zero-order valence-electron chi connectivity index (χ0n) is 11.2. The Bertz CT molecular complexity index is 721. The van der Waals surface area contributed by atoms with E-state index in [1.807, 2.05) is 26.0 Å². The Labute approximate surface area is 122 Å². The third-order valence-electron chi connectivity index (χ3n) is 3.08. The Morgan fingerprint density at radius 3 is 2.65 bits per heavy atom. The lowest BCUT2D eigenvalue weighted by Gasteiger charge is -2.39. The SMILES string of the molecule is CC1(C)CN(S(=O)(=O)c2cccs2)c2ccccc2O1. The number of sulfonamides is 1. The fourth-order valence-electron chi connectivity index (χ4n) is 2.24. The summed E-state index contributed by atoms with van der Waals surface area (Å²) < 4.78 is 33.2. The summed E-state index contributed by atoms with van der Waals surface area (Å²) in [5.74, 6) is 0.601. The Morgan fingerprint density at radius 2 is 1.95 bits per heavy atom. The smallest absolute Gasteiger partial charge is 0.274 e. The molecule has 106 valence electrons. The Kier molecular flexibility index (Phi) is 3.02. The second-order valence-corrected chi connectivity index (χ2v) is 8.31. The Hall–Kier alpha value is -1.53. The van der Waals surface area contributed by atoms with Gasteiger partial charge in [0.05, 0.1) is 12.2 Å². The number of ether oxygens (including phenoxy) is 1. The van der Waals surface area contributed by atoms with Gasteiger partial charge in [-0.2, -0.15) is 0 Å². The summed E-state index contributed by atoms with van der Waals surface area (Å²) in [5, 5.41) is 1.77. The van der Waals surface area contributed by atoms with Crippen LogP contribution in [0.25, 0.3) is 0 Å². The number of nitrogens with zero attached hydrogens (tertiary/aromatic N) is 1. The molecule has 6 heteroatoms. The number of hydrogen-bond donors (Lipinski definition) is 0. The molecule has 2 heterocycles. The van der Waals surface area contributed by atoms with Crippen molar-refractivity contribution in [1.82, 2.24) is 0 Å². The number of para-hydroxylation sites is 2. The van der Waals surface area contributed by atoms with Crippen LogP contribution in [0.1, 0.15) is 13.8 Å². The maximum absolute atomic E-state index is 12.8. The predicted molar refractivity (Wildman–Crippen MR) is 80.0 cm³/mol. The number of thiophene rings is 1. The highest BCUT2D eigenvalue weighted by molar-refractivity contribution is 7.94. The van der Waals surface area contributed by atoms with E-state index >= 15 is 0 Å². The third kappa shape index (κ3) is 2.19. The number of rotatable bonds is 2. The van der Waals surface area contributed by atoms with Gasteiger partial charge in [-0.05, 0) is 37.4 Å². The monoisotopic (exact) mass is 309 g/mol. The first kappa shape index (κ1) is 13.5. The molecule has 0 spiro atoms. The van der Waals surface area contributed by atoms with Gasteiger partial charge < -0.3 is 4.74 Å². The van der Waals surface area contributed by atoms with Crippen LogP contribution in [0.5, 0.6) is 5.75 Å². The summed E-state index contributed by atoms with van der Waals surface area (Å²) in [4.78, 5) is 0. The van der Waals surface area contributed by atoms with Crippen molar-refractivity contribution in [3.63, 3.8) is 0 Å². The summed E-state index contributed by atoms with van der Waals surface area (Å²) in [7, 11) is -3.53. The fraction of sp³-hybridized carbons (Fsp3) is 0.286. The summed E-state index contributed by atoms with van der Waals surface area (Å²) in [5.41, 5.74) is 0.0406. The van der Waals surface area contributed by atoms with Crippen LogP contribution in [0.2, 0.25) is 0 Å². The Balaban J connectivity index is 2.14. The fourth-order valence-corrected chi connectivity index (χ4v) is 4.97. The van der Waals surface area contributed by atoms with Gasteiger partial charge in [0.25, 0.3) is 10.0 Å². The van der Waals surface area contributed by atoms with Crippen molar-refractivity contribution in [2.24, 2.45) is 0 Å². The van der Waals surface area contributed by atoms with Crippen molar-refractivity contribution in [1.29, 1.82) is 0 Å². The predicted octanol–water partition coefficient (Wildman–Crippen LogP) is 3.11. The van der Waals surface area contributed by atoms with Crippen LogP contribution in [-0.4, -0.2) is 20.6 Å². The molecule has 0 N–H and O–H groups in total. The summed E-state index contributed by atoms with van der Waals surface area (Å²) >= 11 is 1.23. The van der Waals surface area contributed by atoms with Crippen molar-refractivity contribution in [2.45, 2.75) is 23.7 Å². The molecule has 3 rings (SSSR count). The van der Waals surface area contributed by atoms with Gasteiger partial charge in [0.1, 0.15) is 15.6 Å². The van der Waals surface area contributed by atoms with Gasteiger partial charge in [0.2, 0.25) is 0 Å². The van der Waals surface area contributed by atoms with Crippen molar-refractivity contribution >= 4 is 27.0 Å². The van der Waals surface area contributed by atoms with E-state index in [0.717, 1.165) is 0 Å². The Morgan fingerprint density at radius 1 is 1.20 bits per heavy atom. The van der Waals surface area contributed by atoms with Crippen molar-refractivity contribution in [3.8, 4) is 5.75 Å². The standard InChI is InChI=1S/C14H15NO3S2/c1-14(2)10-15(11-6-3-4-7-12(11)18-14)20(16,17)13-8-5-9-19-13/h3-9H,10H2,1-2H3. The molecular formula is C14H15NO3S2. The molecule has 1 aliphatic heterocycles. The minimum absolute atomic E-state index is 0.296. The van der Waals surface area contributed by atoms with E-state index in [-0.39, 0.29) is 0 Å². The van der Waals surface area contributed by atoms with Crippen LogP contribution in [0, 0.1) is 0 Å². The molecule has 4 nitrogen and oxygen atoms in total. The number of benzene rings is 1. The first-order valence-corrected chi connectivity index (χ1v) is 8.56. The van der Waals surface area contributed by atoms with E-state index in [9.17, 15) is 8.42 Å². The molecule has 0 fully saturated rings. The average molecular weight is 309 g/mol. The lowest BCUT2D eigenvalue weighted by molar-refractivity contribution is 0.110. The van der Waals surface area contributed by atoms with Gasteiger partial charge in [0, 0.05) is 0 Å². The maximum Gasteiger partial charge on any atom is 0.274 e. The number of fused-ring (bicyclic) bond motifs is 1. The number of anilines is 1. The van der Waals surface area contributed by atoms with Crippen LogP contribution in [0.15, 0.2) is 46.0 Å². The molecule has 0 bridgehead atoms. The van der Waals surface area contributed by atoms with Gasteiger partial charge in [-0.15, -0.1) is 11.3 Å². The van der Waals surface area contributed by atoms with Gasteiger partial charge in [-0.25, -0.2) is 8.42 Å². The molecule has 0 unspecified atom stereocenters. The quantitative estimate of drug-likeness (QED) is 0.856. The van der Waals surface area contributed by atoms with E-state index in [0.29, 0.717) is 22.2 Å². The second kappa shape index (κ2) is 4.49. The molecule has 0 atom stereocenters. The van der Waals surface area contributed by atoms with E-state index in [2.05, 4.69) is 0 Å². The summed E-state index contributed by atoms with van der Waals surface area (Å²) in [6.07, 6.45) is 0. The first-order valence-electron chi connectivity index (χ1n) is 6.24. The highest BCUT2D eigenvalue weighted by Gasteiger charge is 2.38. The molecule has 1 aromatic carbocycles. The van der Waals surface area contributed by atoms with Crippen LogP contribution in [0.4, 0.5) is 5.69 Å². The molecule has 0 saturated carbocycles. The summed E-state index contributed by atoms with van der Waals surface area (Å²) in [6.45, 7) is 4.07. The molecule has 1 aliphatic rings. The molecular weight excluding hydrogens is 294 g/mol. The topological polar surface area (TPSA) is 46.6 Å². The van der Waals surface area contributed by atoms with Crippen LogP contribution < -0.4 is 9.04 Å². The second-order valence-electron chi connectivity index (χ2n) is 5.27. The molecule has 0 radical (unpaired) electrons. The van der Waals surface area contributed by atoms with Gasteiger partial charge in [0.15, 0.2) is 0 Å². The molecule has 1 aromatic heterocycles. The van der Waals surface area contributed by atoms with E-state index in [4.69, 9.17) is 4.74 Å². The van der Waals surface area contributed by atoms with Gasteiger partial charge in [-0.1, -0.05) is 18.2 Å². The third-order valence-corrected chi connectivity index (χ3v) is 6.22. The largest absolute Gasteiger partial charge is 0.484 e. The molecule has 0 aliphatic carbocycles. The van der Waals surface area contributed by atoms with E-state index in [1.165, 1.54) is 15.6 Å². The van der Waals surface area contributed by atoms with E-state index in [1.54, 1.807) is 29.6 Å². The maximum atomic E-state index is 12.8. The molecule has 0 amide bonds. The van der Waals surface area contributed by atoms with Crippen LogP contribution in [0.3, 0.4) is 0 Å². The average Bonchev–Trinajstić information content (AvgIpc) is 2.91. The van der Waals surface area contributed by atoms with Gasteiger partial charge in [-0.3, -0.25) is 4.31 Å². The molecule has 20 heavy (non-hydrogen) atoms. The number of hydrogen-bond acceptors (Lipinski definition) is 4. The summed E-state index contributed by atoms with van der Waals surface area (Å²) in [6, 6.07) is 10.6. The minimum Gasteiger partial charge on any atom is -0.484 e. The molecule has 0 saturated heterocycles. The van der Waals surface area contributed by atoms with Crippen molar-refractivity contribution < 1.29 is 13.2 Å². The van der Waals surface area contributed by atoms with Crippen molar-refractivity contribution in [2.75, 3.05) is 10.8 Å². The zero-order valence-corrected chi connectivity index (χ0v) is 12.9. The highest BCUT2D eigenvalue weighted by atomic mass is 32.2. The lowest BCUT2D eigenvalue weighted by Crippen LogP contribution is -2.49. The van der Waals surface area contributed by atoms with Crippen LogP contribution in [-0.2, 0) is 10.0 Å². The lowest BCUT2D eigenvalue weighted by atomic mass is 10.1. The molecule has 2 aromatic rings.